The van der Waals surface area contributed by atoms with Crippen LogP contribution < -0.4 is 5.32 Å². The first-order chi connectivity index (χ1) is 11.5. The third-order valence-electron chi connectivity index (χ3n) is 4.59. The number of likely N-dealkylation sites (tertiary alicyclic amines) is 1. The summed E-state index contributed by atoms with van der Waals surface area (Å²) in [6.45, 7) is 5.23. The molecular weight excluding hydrogens is 310 g/mol. The van der Waals surface area contributed by atoms with E-state index in [0.29, 0.717) is 19.0 Å². The third-order valence-corrected chi connectivity index (χ3v) is 4.59. The van der Waals surface area contributed by atoms with Crippen molar-refractivity contribution in [2.45, 2.75) is 38.6 Å². The summed E-state index contributed by atoms with van der Waals surface area (Å²) in [5, 5.41) is 2.43. The molecule has 0 bridgehead atoms. The van der Waals surface area contributed by atoms with Gasteiger partial charge >= 0.3 is 6.03 Å². The first kappa shape index (κ1) is 16.5. The smallest absolute Gasteiger partial charge is 0.325 e. The Hall–Kier alpha value is -2.38. The van der Waals surface area contributed by atoms with Gasteiger partial charge in [0, 0.05) is 31.4 Å². The van der Waals surface area contributed by atoms with Gasteiger partial charge in [0.05, 0.1) is 12.6 Å². The molecule has 4 amide bonds. The van der Waals surface area contributed by atoms with Crippen molar-refractivity contribution in [3.8, 4) is 0 Å². The van der Waals surface area contributed by atoms with Crippen molar-refractivity contribution < 1.29 is 14.4 Å². The fourth-order valence-electron chi connectivity index (χ4n) is 3.34. The molecule has 8 nitrogen and oxygen atoms in total. The Morgan fingerprint density at radius 2 is 2.21 bits per heavy atom. The van der Waals surface area contributed by atoms with Crippen molar-refractivity contribution in [2.75, 3.05) is 26.2 Å². The van der Waals surface area contributed by atoms with Crippen LogP contribution in [0.5, 0.6) is 0 Å². The largest absolute Gasteiger partial charge is 0.339 e. The SMILES string of the molecule is CC(C)c1nccn1C1CCCN(C(=O)CN2C(=O)CNC2=O)C1. The van der Waals surface area contributed by atoms with Crippen LogP contribution in [-0.2, 0) is 9.59 Å². The van der Waals surface area contributed by atoms with Crippen LogP contribution in [0.2, 0.25) is 0 Å². The standard InChI is InChI=1S/C16H23N5O3/c1-11(2)15-17-5-7-20(15)12-4-3-6-19(9-12)14(23)10-21-13(22)8-18-16(21)24/h5,7,11-12H,3-4,6,8-10H2,1-2H3,(H,18,24). The average molecular weight is 333 g/mol. The normalized spacial score (nSPS) is 21.5. The van der Waals surface area contributed by atoms with Gasteiger partial charge in [0.25, 0.3) is 5.91 Å². The molecule has 1 aromatic heterocycles. The lowest BCUT2D eigenvalue weighted by atomic mass is 10.0. The van der Waals surface area contributed by atoms with Crippen molar-refractivity contribution >= 4 is 17.8 Å². The monoisotopic (exact) mass is 333 g/mol. The second kappa shape index (κ2) is 6.62. The molecule has 1 atom stereocenters. The van der Waals surface area contributed by atoms with Crippen LogP contribution in [0.15, 0.2) is 12.4 Å². The van der Waals surface area contributed by atoms with E-state index >= 15 is 0 Å². The van der Waals surface area contributed by atoms with Gasteiger partial charge in [0.2, 0.25) is 5.91 Å². The average Bonchev–Trinajstić information content (AvgIpc) is 3.17. The maximum atomic E-state index is 12.5. The van der Waals surface area contributed by atoms with Crippen molar-refractivity contribution in [3.05, 3.63) is 18.2 Å². The highest BCUT2D eigenvalue weighted by atomic mass is 16.2. The van der Waals surface area contributed by atoms with Crippen LogP contribution in [-0.4, -0.2) is 63.4 Å². The molecule has 2 saturated heterocycles. The number of rotatable bonds is 4. The molecule has 8 heteroatoms. The zero-order chi connectivity index (χ0) is 17.3. The number of nitrogens with one attached hydrogen (secondary N) is 1. The van der Waals surface area contributed by atoms with E-state index in [1.54, 1.807) is 11.1 Å². The number of amides is 4. The van der Waals surface area contributed by atoms with E-state index in [9.17, 15) is 14.4 Å². The van der Waals surface area contributed by atoms with Gasteiger partial charge in [-0.2, -0.15) is 0 Å². The van der Waals surface area contributed by atoms with Gasteiger partial charge < -0.3 is 14.8 Å². The van der Waals surface area contributed by atoms with E-state index in [0.717, 1.165) is 23.6 Å². The van der Waals surface area contributed by atoms with E-state index in [1.807, 2.05) is 6.20 Å². The van der Waals surface area contributed by atoms with Crippen molar-refractivity contribution in [3.63, 3.8) is 0 Å². The zero-order valence-corrected chi connectivity index (χ0v) is 14.1. The minimum absolute atomic E-state index is 0.0263. The van der Waals surface area contributed by atoms with Gasteiger partial charge in [-0.15, -0.1) is 0 Å². The summed E-state index contributed by atoms with van der Waals surface area (Å²) in [5.74, 6) is 0.801. The minimum atomic E-state index is -0.487. The second-order valence-corrected chi connectivity index (χ2v) is 6.62. The molecule has 2 aliphatic heterocycles. The zero-order valence-electron chi connectivity index (χ0n) is 14.1. The van der Waals surface area contributed by atoms with Crippen LogP contribution in [0.25, 0.3) is 0 Å². The van der Waals surface area contributed by atoms with Crippen molar-refractivity contribution in [1.82, 2.24) is 24.7 Å². The Kier molecular flexibility index (Phi) is 4.55. The molecule has 1 N–H and O–H groups in total. The maximum absolute atomic E-state index is 12.5. The number of hydrogen-bond donors (Lipinski definition) is 1. The summed E-state index contributed by atoms with van der Waals surface area (Å²) >= 11 is 0. The summed E-state index contributed by atoms with van der Waals surface area (Å²) in [5.41, 5.74) is 0. The summed E-state index contributed by atoms with van der Waals surface area (Å²) in [4.78, 5) is 42.9. The number of carbonyl (C=O) groups is 3. The molecule has 0 saturated carbocycles. The molecule has 1 unspecified atom stereocenters. The number of hydrogen-bond acceptors (Lipinski definition) is 4. The van der Waals surface area contributed by atoms with Crippen LogP contribution in [0.3, 0.4) is 0 Å². The highest BCUT2D eigenvalue weighted by Crippen LogP contribution is 2.25. The van der Waals surface area contributed by atoms with Gasteiger partial charge in [0.15, 0.2) is 0 Å². The molecule has 2 fully saturated rings. The van der Waals surface area contributed by atoms with E-state index in [-0.39, 0.29) is 30.9 Å². The highest BCUT2D eigenvalue weighted by molar-refractivity contribution is 6.04. The Bertz CT molecular complexity index is 638. The lowest BCUT2D eigenvalue weighted by Gasteiger charge is -2.35. The molecule has 1 aromatic rings. The Labute approximate surface area is 140 Å². The predicted octanol–water partition coefficient (Wildman–Crippen LogP) is 0.722. The van der Waals surface area contributed by atoms with Gasteiger partial charge in [0.1, 0.15) is 12.4 Å². The number of carbonyl (C=O) groups excluding carboxylic acids is 3. The summed E-state index contributed by atoms with van der Waals surface area (Å²) in [7, 11) is 0. The van der Waals surface area contributed by atoms with Crippen LogP contribution >= 0.6 is 0 Å². The van der Waals surface area contributed by atoms with Gasteiger partial charge in [-0.3, -0.25) is 14.5 Å². The van der Waals surface area contributed by atoms with Gasteiger partial charge in [-0.1, -0.05) is 13.8 Å². The van der Waals surface area contributed by atoms with E-state index < -0.39 is 6.03 Å². The topological polar surface area (TPSA) is 87.5 Å². The fraction of sp³-hybridized carbons (Fsp3) is 0.625. The van der Waals surface area contributed by atoms with Crippen LogP contribution in [0, 0.1) is 0 Å². The number of nitrogens with zero attached hydrogens (tertiary/aromatic N) is 4. The van der Waals surface area contributed by atoms with E-state index in [2.05, 4.69) is 28.7 Å². The lowest BCUT2D eigenvalue weighted by molar-refractivity contribution is -0.137. The molecule has 0 spiro atoms. The van der Waals surface area contributed by atoms with E-state index in [1.165, 1.54) is 0 Å². The van der Waals surface area contributed by atoms with Gasteiger partial charge in [-0.25, -0.2) is 9.78 Å². The molecule has 0 aromatic carbocycles. The molecule has 2 aliphatic rings. The highest BCUT2D eigenvalue weighted by Gasteiger charge is 2.33. The molecule has 0 radical (unpaired) electrons. The van der Waals surface area contributed by atoms with Crippen molar-refractivity contribution in [2.24, 2.45) is 0 Å². The van der Waals surface area contributed by atoms with Crippen LogP contribution in [0.1, 0.15) is 44.5 Å². The number of imidazole rings is 1. The molecule has 0 aliphatic carbocycles. The first-order valence-electron chi connectivity index (χ1n) is 8.36. The lowest BCUT2D eigenvalue weighted by Crippen LogP contribution is -2.47. The summed E-state index contributed by atoms with van der Waals surface area (Å²) in [6.07, 6.45) is 5.64. The quantitative estimate of drug-likeness (QED) is 0.823. The summed E-state index contributed by atoms with van der Waals surface area (Å²) in [6, 6.07) is -0.302. The molecule has 3 heterocycles. The Morgan fingerprint density at radius 1 is 1.42 bits per heavy atom. The second-order valence-electron chi connectivity index (χ2n) is 6.62. The molecule has 130 valence electrons. The maximum Gasteiger partial charge on any atom is 0.325 e. The number of aromatic nitrogens is 2. The third kappa shape index (κ3) is 3.13. The predicted molar refractivity (Wildman–Crippen MR) is 86.3 cm³/mol. The fourth-order valence-corrected chi connectivity index (χ4v) is 3.34. The minimum Gasteiger partial charge on any atom is -0.339 e. The Morgan fingerprint density at radius 3 is 2.88 bits per heavy atom. The molecular formula is C16H23N5O3. The first-order valence-corrected chi connectivity index (χ1v) is 8.36. The van der Waals surface area contributed by atoms with Gasteiger partial charge in [-0.05, 0) is 12.8 Å². The number of piperidine rings is 1. The summed E-state index contributed by atoms with van der Waals surface area (Å²) < 4.78 is 2.15. The van der Waals surface area contributed by atoms with E-state index in [4.69, 9.17) is 0 Å². The number of urea groups is 1. The van der Waals surface area contributed by atoms with Crippen LogP contribution in [0.4, 0.5) is 4.79 Å². The number of imide groups is 1. The molecule has 24 heavy (non-hydrogen) atoms. The molecule has 3 rings (SSSR count). The van der Waals surface area contributed by atoms with Crippen molar-refractivity contribution in [1.29, 1.82) is 0 Å². The Balaban J connectivity index is 1.67.